The number of carbonyl (C=O) groups excluding carboxylic acids is 2. The van der Waals surface area contributed by atoms with Crippen LogP contribution in [0.25, 0.3) is 0 Å². The number of nitrogens with two attached hydrogens (primary N) is 1. The van der Waals surface area contributed by atoms with Gasteiger partial charge >= 0.3 is 12.0 Å². The molecule has 1 saturated heterocycles. The molecule has 0 aliphatic carbocycles. The van der Waals surface area contributed by atoms with Gasteiger partial charge in [-0.1, -0.05) is 12.1 Å². The standard InChI is InChI=1S/C19H20N4O4/c20-16(17(24)22-14-5-3-13(4-6-14)18(25)26)11-12-1-7-15(8-2-12)23-10-9-21-19(23)27/h1-8,16H,9-11,20H2,(H,21,27)(H,22,24)(H,25,26)/t16-/m0/s1. The van der Waals surface area contributed by atoms with Crippen LogP contribution in [0.1, 0.15) is 15.9 Å². The molecule has 1 fully saturated rings. The van der Waals surface area contributed by atoms with E-state index in [0.717, 1.165) is 11.3 Å². The van der Waals surface area contributed by atoms with E-state index in [2.05, 4.69) is 10.6 Å². The van der Waals surface area contributed by atoms with E-state index < -0.39 is 12.0 Å². The fourth-order valence-electron chi connectivity index (χ4n) is 2.81. The van der Waals surface area contributed by atoms with Gasteiger partial charge < -0.3 is 21.5 Å². The highest BCUT2D eigenvalue weighted by Crippen LogP contribution is 2.18. The molecule has 0 radical (unpaired) electrons. The van der Waals surface area contributed by atoms with Crippen LogP contribution in [0.2, 0.25) is 0 Å². The maximum atomic E-state index is 12.2. The molecule has 0 aromatic heterocycles. The van der Waals surface area contributed by atoms with Crippen molar-refractivity contribution in [2.24, 2.45) is 5.73 Å². The van der Waals surface area contributed by atoms with Gasteiger partial charge in [-0.2, -0.15) is 0 Å². The lowest BCUT2D eigenvalue weighted by atomic mass is 10.1. The zero-order valence-corrected chi connectivity index (χ0v) is 14.5. The van der Waals surface area contributed by atoms with Gasteiger partial charge in [-0.15, -0.1) is 0 Å². The van der Waals surface area contributed by atoms with E-state index in [9.17, 15) is 14.4 Å². The Hall–Kier alpha value is -3.39. The monoisotopic (exact) mass is 368 g/mol. The third-order valence-corrected chi connectivity index (χ3v) is 4.30. The number of hydrogen-bond donors (Lipinski definition) is 4. The highest BCUT2D eigenvalue weighted by molar-refractivity contribution is 5.96. The number of amides is 3. The first-order valence-corrected chi connectivity index (χ1v) is 8.48. The quantitative estimate of drug-likeness (QED) is 0.614. The summed E-state index contributed by atoms with van der Waals surface area (Å²) in [5.74, 6) is -1.39. The van der Waals surface area contributed by atoms with E-state index in [-0.39, 0.29) is 17.5 Å². The maximum Gasteiger partial charge on any atom is 0.335 e. The molecule has 3 rings (SSSR count). The highest BCUT2D eigenvalue weighted by atomic mass is 16.4. The predicted molar refractivity (Wildman–Crippen MR) is 101 cm³/mol. The lowest BCUT2D eigenvalue weighted by Crippen LogP contribution is -2.37. The smallest absolute Gasteiger partial charge is 0.335 e. The van der Waals surface area contributed by atoms with Crippen molar-refractivity contribution >= 4 is 29.3 Å². The van der Waals surface area contributed by atoms with Crippen molar-refractivity contribution in [3.63, 3.8) is 0 Å². The lowest BCUT2D eigenvalue weighted by molar-refractivity contribution is -0.117. The number of carbonyl (C=O) groups is 3. The van der Waals surface area contributed by atoms with E-state index in [4.69, 9.17) is 10.8 Å². The largest absolute Gasteiger partial charge is 0.478 e. The van der Waals surface area contributed by atoms with Gasteiger partial charge in [0, 0.05) is 24.5 Å². The number of benzene rings is 2. The van der Waals surface area contributed by atoms with E-state index in [0.29, 0.717) is 25.2 Å². The Balaban J connectivity index is 1.57. The van der Waals surface area contributed by atoms with Gasteiger partial charge in [-0.25, -0.2) is 9.59 Å². The molecule has 1 heterocycles. The minimum absolute atomic E-state index is 0.118. The van der Waals surface area contributed by atoms with Crippen LogP contribution >= 0.6 is 0 Å². The number of rotatable bonds is 6. The van der Waals surface area contributed by atoms with Crippen LogP contribution in [0.3, 0.4) is 0 Å². The summed E-state index contributed by atoms with van der Waals surface area (Å²) in [4.78, 5) is 36.4. The van der Waals surface area contributed by atoms with Gasteiger partial charge in [-0.05, 0) is 48.4 Å². The van der Waals surface area contributed by atoms with Crippen molar-refractivity contribution in [3.8, 4) is 0 Å². The summed E-state index contributed by atoms with van der Waals surface area (Å²) in [6.07, 6.45) is 0.339. The van der Waals surface area contributed by atoms with Crippen LogP contribution in [0, 0.1) is 0 Å². The number of hydrogen-bond acceptors (Lipinski definition) is 4. The van der Waals surface area contributed by atoms with Gasteiger partial charge in [0.25, 0.3) is 0 Å². The zero-order valence-electron chi connectivity index (χ0n) is 14.5. The summed E-state index contributed by atoms with van der Waals surface area (Å²) in [7, 11) is 0. The van der Waals surface area contributed by atoms with Crippen molar-refractivity contribution in [2.75, 3.05) is 23.3 Å². The minimum Gasteiger partial charge on any atom is -0.478 e. The molecule has 2 aromatic rings. The summed E-state index contributed by atoms with van der Waals surface area (Å²) in [5.41, 5.74) is 8.28. The van der Waals surface area contributed by atoms with Crippen LogP contribution in [-0.4, -0.2) is 42.1 Å². The fourth-order valence-corrected chi connectivity index (χ4v) is 2.81. The van der Waals surface area contributed by atoms with Crippen LogP contribution < -0.4 is 21.3 Å². The molecule has 1 aliphatic heterocycles. The van der Waals surface area contributed by atoms with E-state index in [1.54, 1.807) is 4.90 Å². The van der Waals surface area contributed by atoms with Crippen LogP contribution in [0.5, 0.6) is 0 Å². The molecule has 8 nitrogen and oxygen atoms in total. The SMILES string of the molecule is N[C@@H](Cc1ccc(N2CCNC2=O)cc1)C(=O)Nc1ccc(C(=O)O)cc1. The Morgan fingerprint density at radius 1 is 1.15 bits per heavy atom. The molecule has 2 aromatic carbocycles. The summed E-state index contributed by atoms with van der Waals surface area (Å²) in [5, 5.41) is 14.3. The fraction of sp³-hybridized carbons (Fsp3) is 0.211. The first kappa shape index (κ1) is 18.4. The van der Waals surface area contributed by atoms with Crippen molar-refractivity contribution in [1.29, 1.82) is 0 Å². The molecule has 3 amide bonds. The first-order chi connectivity index (χ1) is 12.9. The molecule has 8 heteroatoms. The van der Waals surface area contributed by atoms with Gasteiger partial charge in [0.1, 0.15) is 0 Å². The molecular formula is C19H20N4O4. The summed E-state index contributed by atoms with van der Waals surface area (Å²) in [6.45, 7) is 1.25. The zero-order chi connectivity index (χ0) is 19.4. The van der Waals surface area contributed by atoms with E-state index in [1.807, 2.05) is 24.3 Å². The summed E-state index contributed by atoms with van der Waals surface area (Å²) in [6, 6.07) is 12.3. The van der Waals surface area contributed by atoms with Gasteiger partial charge in [0.15, 0.2) is 0 Å². The van der Waals surface area contributed by atoms with Crippen molar-refractivity contribution in [1.82, 2.24) is 5.32 Å². The Morgan fingerprint density at radius 2 is 1.81 bits per heavy atom. The molecule has 140 valence electrons. The topological polar surface area (TPSA) is 125 Å². The Morgan fingerprint density at radius 3 is 2.37 bits per heavy atom. The number of aromatic carboxylic acids is 1. The number of urea groups is 1. The Kier molecular flexibility index (Phi) is 5.37. The molecular weight excluding hydrogens is 348 g/mol. The molecule has 1 atom stereocenters. The Bertz CT molecular complexity index is 849. The average molecular weight is 368 g/mol. The second-order valence-electron chi connectivity index (χ2n) is 6.23. The van der Waals surface area contributed by atoms with E-state index >= 15 is 0 Å². The number of carboxylic acids is 1. The predicted octanol–water partition coefficient (Wildman–Crippen LogP) is 1.42. The Labute approximate surface area is 156 Å². The third kappa shape index (κ3) is 4.42. The van der Waals surface area contributed by atoms with Gasteiger partial charge in [-0.3, -0.25) is 9.69 Å². The number of anilines is 2. The summed E-state index contributed by atoms with van der Waals surface area (Å²) >= 11 is 0. The minimum atomic E-state index is -1.03. The molecule has 0 saturated carbocycles. The van der Waals surface area contributed by atoms with Crippen LogP contribution in [-0.2, 0) is 11.2 Å². The first-order valence-electron chi connectivity index (χ1n) is 8.48. The summed E-state index contributed by atoms with van der Waals surface area (Å²) < 4.78 is 0. The van der Waals surface area contributed by atoms with E-state index in [1.165, 1.54) is 24.3 Å². The van der Waals surface area contributed by atoms with Gasteiger partial charge in [0.05, 0.1) is 11.6 Å². The maximum absolute atomic E-state index is 12.2. The molecule has 27 heavy (non-hydrogen) atoms. The number of nitrogens with zero attached hydrogens (tertiary/aromatic N) is 1. The molecule has 5 N–H and O–H groups in total. The molecule has 0 spiro atoms. The lowest BCUT2D eigenvalue weighted by Gasteiger charge is -2.16. The molecule has 0 bridgehead atoms. The molecule has 1 aliphatic rings. The van der Waals surface area contributed by atoms with Crippen LogP contribution in [0.15, 0.2) is 48.5 Å². The van der Waals surface area contributed by atoms with Crippen molar-refractivity contribution in [3.05, 3.63) is 59.7 Å². The highest BCUT2D eigenvalue weighted by Gasteiger charge is 2.21. The number of nitrogens with one attached hydrogen (secondary N) is 2. The van der Waals surface area contributed by atoms with Crippen molar-refractivity contribution in [2.45, 2.75) is 12.5 Å². The van der Waals surface area contributed by atoms with Crippen molar-refractivity contribution < 1.29 is 19.5 Å². The van der Waals surface area contributed by atoms with Gasteiger partial charge in [0.2, 0.25) is 5.91 Å². The second kappa shape index (κ2) is 7.88. The van der Waals surface area contributed by atoms with Crippen LogP contribution in [0.4, 0.5) is 16.2 Å². The molecule has 0 unspecified atom stereocenters. The number of carboxylic acid groups (broad SMARTS) is 1. The third-order valence-electron chi connectivity index (χ3n) is 4.30. The normalized spacial score (nSPS) is 14.6. The average Bonchev–Trinajstić information content (AvgIpc) is 3.08. The second-order valence-corrected chi connectivity index (χ2v) is 6.23.